The van der Waals surface area contributed by atoms with E-state index in [4.69, 9.17) is 14.5 Å². The first-order valence-electron chi connectivity index (χ1n) is 17.6. The van der Waals surface area contributed by atoms with E-state index in [1.54, 1.807) is 4.90 Å². The highest BCUT2D eigenvalue weighted by molar-refractivity contribution is 6.78. The maximum Gasteiger partial charge on any atom is 0.410 e. The zero-order chi connectivity index (χ0) is 35.6. The van der Waals surface area contributed by atoms with Crippen LogP contribution in [0.15, 0.2) is 60.8 Å². The van der Waals surface area contributed by atoms with Gasteiger partial charge in [-0.2, -0.15) is 0 Å². The molecule has 5 aromatic rings. The van der Waals surface area contributed by atoms with Crippen molar-refractivity contribution in [1.29, 1.82) is 0 Å². The molecule has 2 N–H and O–H groups in total. The number of H-pyrrole nitrogens is 2. The average molecular weight is 693 g/mol. The van der Waals surface area contributed by atoms with Crippen molar-refractivity contribution < 1.29 is 19.1 Å². The predicted molar refractivity (Wildman–Crippen MR) is 200 cm³/mol. The van der Waals surface area contributed by atoms with Gasteiger partial charge in [0, 0.05) is 18.1 Å². The minimum absolute atomic E-state index is 0.122. The Hall–Kier alpha value is -4.64. The van der Waals surface area contributed by atoms with E-state index < -0.39 is 19.3 Å². The van der Waals surface area contributed by atoms with Crippen LogP contribution < -0.4 is 0 Å². The Morgan fingerprint density at radius 1 is 0.800 bits per heavy atom. The largest absolute Gasteiger partial charge is 0.444 e. The van der Waals surface area contributed by atoms with E-state index in [0.717, 1.165) is 80.9 Å². The number of carbonyl (C=O) groups is 2. The zero-order valence-electron chi connectivity index (χ0n) is 30.4. The number of likely N-dealkylation sites (tertiary alicyclic amines) is 1. The molecule has 7 rings (SSSR count). The van der Waals surface area contributed by atoms with E-state index in [1.165, 1.54) is 0 Å². The molecule has 11 heteroatoms. The minimum Gasteiger partial charge on any atom is -0.444 e. The van der Waals surface area contributed by atoms with Gasteiger partial charge in [-0.05, 0) is 94.6 Å². The smallest absolute Gasteiger partial charge is 0.410 e. The lowest BCUT2D eigenvalue weighted by atomic mass is 9.99. The predicted octanol–water partition coefficient (Wildman–Crippen LogP) is 9.38. The number of nitrogens with zero attached hydrogens (tertiary/aromatic N) is 4. The molecule has 262 valence electrons. The third-order valence-corrected chi connectivity index (χ3v) is 12.2. The Morgan fingerprint density at radius 2 is 1.46 bits per heavy atom. The van der Waals surface area contributed by atoms with Crippen molar-refractivity contribution in [1.82, 2.24) is 29.7 Å². The summed E-state index contributed by atoms with van der Waals surface area (Å²) in [4.78, 5) is 46.5. The second-order valence-corrected chi connectivity index (χ2v) is 21.7. The molecule has 4 heterocycles. The molecule has 2 amide bonds. The van der Waals surface area contributed by atoms with Crippen LogP contribution in [-0.2, 0) is 9.47 Å². The second-order valence-electron chi connectivity index (χ2n) is 16.6. The van der Waals surface area contributed by atoms with Crippen LogP contribution in [0.2, 0.25) is 19.1 Å². The standard InChI is InChI=1S/C39H48N6O4Si/c1-38(2,3)48-36(46)44-19-9-10-31(44)34-40-21-30(42-34)25-13-11-24(12-14-25)26-15-17-28-27(20-26)16-18-29-33(28)43-35(41-29)32-22-50(7,8)23-45(32)37(47)49-39(4,5)6/h11-18,20-21,31-32H,9-10,19,22-23H2,1-8H3,(H,40,42)(H,41,43)/t31-,32-/m0/s1. The Kier molecular flexibility index (Phi) is 8.32. The summed E-state index contributed by atoms with van der Waals surface area (Å²) in [5.41, 5.74) is 4.95. The molecule has 0 spiro atoms. The van der Waals surface area contributed by atoms with E-state index in [9.17, 15) is 9.59 Å². The van der Waals surface area contributed by atoms with E-state index in [1.807, 2.05) is 52.6 Å². The lowest BCUT2D eigenvalue weighted by Crippen LogP contribution is -2.39. The van der Waals surface area contributed by atoms with Crippen LogP contribution in [0.1, 0.15) is 78.1 Å². The van der Waals surface area contributed by atoms with Crippen molar-refractivity contribution in [3.63, 3.8) is 0 Å². The third-order valence-electron chi connectivity index (χ3n) is 9.47. The highest BCUT2D eigenvalue weighted by atomic mass is 28.3. The lowest BCUT2D eigenvalue weighted by Gasteiger charge is -2.28. The van der Waals surface area contributed by atoms with E-state index in [-0.39, 0.29) is 24.3 Å². The fourth-order valence-corrected chi connectivity index (χ4v) is 10.1. The Balaban J connectivity index is 1.10. The molecule has 2 aromatic heterocycles. The SMILES string of the molecule is CC(C)(C)OC(=O)N1CCC[C@H]1c1ncc(-c2ccc(-c3ccc4c(ccc5[nH]c([C@@H]6C[Si](C)(C)CN6C(=O)OC(C)(C)C)nc54)c3)cc2)[nH]1. The highest BCUT2D eigenvalue weighted by Gasteiger charge is 2.45. The van der Waals surface area contributed by atoms with Crippen molar-refractivity contribution in [2.24, 2.45) is 0 Å². The highest BCUT2D eigenvalue weighted by Crippen LogP contribution is 2.39. The molecule has 50 heavy (non-hydrogen) atoms. The maximum atomic E-state index is 13.2. The molecule has 3 aromatic carbocycles. The molecule has 2 saturated heterocycles. The second kappa shape index (κ2) is 12.3. The fraction of sp³-hybridized carbons (Fsp3) is 0.436. The molecule has 2 aliphatic rings. The van der Waals surface area contributed by atoms with Gasteiger partial charge in [0.15, 0.2) is 0 Å². The minimum atomic E-state index is -1.64. The van der Waals surface area contributed by atoms with Crippen LogP contribution in [0.4, 0.5) is 9.59 Å². The van der Waals surface area contributed by atoms with Gasteiger partial charge in [0.1, 0.15) is 22.9 Å². The quantitative estimate of drug-likeness (QED) is 0.181. The number of rotatable bonds is 4. The van der Waals surface area contributed by atoms with Gasteiger partial charge in [0.25, 0.3) is 0 Å². The number of aromatic nitrogens is 4. The number of imidazole rings is 2. The fourth-order valence-electron chi connectivity index (χ4n) is 7.27. The van der Waals surface area contributed by atoms with Crippen LogP contribution in [0.3, 0.4) is 0 Å². The molecule has 10 nitrogen and oxygen atoms in total. The molecule has 0 unspecified atom stereocenters. The van der Waals surface area contributed by atoms with Crippen LogP contribution in [0.25, 0.3) is 44.2 Å². The number of hydrogen-bond donors (Lipinski definition) is 2. The summed E-state index contributed by atoms with van der Waals surface area (Å²) in [6, 6.07) is 19.9. The van der Waals surface area contributed by atoms with Gasteiger partial charge in [-0.25, -0.2) is 19.6 Å². The molecule has 0 bridgehead atoms. The van der Waals surface area contributed by atoms with Gasteiger partial charge in [0.05, 0.1) is 43.1 Å². The summed E-state index contributed by atoms with van der Waals surface area (Å²) >= 11 is 0. The Morgan fingerprint density at radius 3 is 2.16 bits per heavy atom. The van der Waals surface area contributed by atoms with Crippen molar-refractivity contribution in [3.8, 4) is 22.4 Å². The first kappa shape index (κ1) is 33.8. The average Bonchev–Trinajstić information content (AvgIpc) is 3.84. The summed E-state index contributed by atoms with van der Waals surface area (Å²) in [5.74, 6) is 1.61. The normalized spacial score (nSPS) is 19.4. The number of amides is 2. The van der Waals surface area contributed by atoms with Gasteiger partial charge in [-0.1, -0.05) is 55.6 Å². The monoisotopic (exact) mass is 692 g/mol. The number of nitrogens with one attached hydrogen (secondary N) is 2. The van der Waals surface area contributed by atoms with Gasteiger partial charge in [-0.3, -0.25) is 4.90 Å². The first-order valence-corrected chi connectivity index (χ1v) is 21.0. The Bertz CT molecular complexity index is 2070. The summed E-state index contributed by atoms with van der Waals surface area (Å²) in [7, 11) is -1.64. The maximum absolute atomic E-state index is 13.2. The third kappa shape index (κ3) is 6.88. The number of fused-ring (bicyclic) bond motifs is 3. The molecule has 2 aliphatic heterocycles. The molecule has 2 atom stereocenters. The molecular formula is C39H48N6O4Si. The number of hydrogen-bond acceptors (Lipinski definition) is 6. The molecular weight excluding hydrogens is 645 g/mol. The topological polar surface area (TPSA) is 116 Å². The first-order chi connectivity index (χ1) is 23.5. The van der Waals surface area contributed by atoms with Gasteiger partial charge < -0.3 is 24.3 Å². The van der Waals surface area contributed by atoms with Gasteiger partial charge >= 0.3 is 12.2 Å². The molecule has 2 fully saturated rings. The number of benzene rings is 3. The van der Waals surface area contributed by atoms with Crippen LogP contribution in [0.5, 0.6) is 0 Å². The summed E-state index contributed by atoms with van der Waals surface area (Å²) in [5, 5.41) is 2.17. The van der Waals surface area contributed by atoms with E-state index >= 15 is 0 Å². The van der Waals surface area contributed by atoms with Crippen molar-refractivity contribution in [2.45, 2.75) is 96.8 Å². The van der Waals surface area contributed by atoms with E-state index in [2.05, 4.69) is 82.6 Å². The summed E-state index contributed by atoms with van der Waals surface area (Å²) < 4.78 is 11.4. The number of carbonyl (C=O) groups excluding carboxylic acids is 2. The molecule has 0 radical (unpaired) electrons. The van der Waals surface area contributed by atoms with E-state index in [0.29, 0.717) is 6.54 Å². The van der Waals surface area contributed by atoms with Gasteiger partial charge in [0.2, 0.25) is 0 Å². The van der Waals surface area contributed by atoms with Crippen molar-refractivity contribution in [3.05, 3.63) is 72.4 Å². The summed E-state index contributed by atoms with van der Waals surface area (Å²) in [6.07, 6.45) is 3.80. The number of ether oxygens (including phenoxy) is 2. The number of aromatic amines is 2. The zero-order valence-corrected chi connectivity index (χ0v) is 31.4. The van der Waals surface area contributed by atoms with Crippen molar-refractivity contribution >= 4 is 42.1 Å². The van der Waals surface area contributed by atoms with Crippen LogP contribution in [0, 0.1) is 0 Å². The molecule has 0 saturated carbocycles. The van der Waals surface area contributed by atoms with Crippen LogP contribution in [-0.4, -0.2) is 73.9 Å². The van der Waals surface area contributed by atoms with Crippen LogP contribution >= 0.6 is 0 Å². The molecule has 0 aliphatic carbocycles. The van der Waals surface area contributed by atoms with Gasteiger partial charge in [-0.15, -0.1) is 0 Å². The van der Waals surface area contributed by atoms with Crippen molar-refractivity contribution in [2.75, 3.05) is 12.7 Å². The Labute approximate surface area is 294 Å². The lowest BCUT2D eigenvalue weighted by molar-refractivity contribution is 0.0212. The summed E-state index contributed by atoms with van der Waals surface area (Å²) in [6.45, 7) is 16.7.